The monoisotopic (exact) mass is 427 g/mol. The highest BCUT2D eigenvalue weighted by atomic mass is 35.5. The number of hydrogen-bond donors (Lipinski definition) is 2. The molecule has 0 spiro atoms. The van der Waals surface area contributed by atoms with Crippen LogP contribution in [-0.2, 0) is 19.5 Å². The number of H-pyrrole nitrogens is 1. The van der Waals surface area contributed by atoms with Gasteiger partial charge in [0.1, 0.15) is 0 Å². The third kappa shape index (κ3) is 4.85. The molecular formula is C21H19Cl2N5O. The second kappa shape index (κ2) is 8.78. The van der Waals surface area contributed by atoms with E-state index >= 15 is 0 Å². The van der Waals surface area contributed by atoms with Gasteiger partial charge in [-0.05, 0) is 23.3 Å². The lowest BCUT2D eigenvalue weighted by molar-refractivity contribution is 0.242. The molecule has 3 aromatic rings. The van der Waals surface area contributed by atoms with Crippen molar-refractivity contribution in [3.05, 3.63) is 91.3 Å². The largest absolute Gasteiger partial charge is 0.294 e. The van der Waals surface area contributed by atoms with Crippen molar-refractivity contribution in [3.63, 3.8) is 0 Å². The van der Waals surface area contributed by atoms with Crippen LogP contribution in [0.1, 0.15) is 22.4 Å². The van der Waals surface area contributed by atoms with Crippen LogP contribution >= 0.6 is 23.2 Å². The lowest BCUT2D eigenvalue weighted by atomic mass is 10.1. The van der Waals surface area contributed by atoms with Crippen molar-refractivity contribution in [2.24, 2.45) is 5.10 Å². The van der Waals surface area contributed by atoms with Crippen LogP contribution in [0.2, 0.25) is 10.0 Å². The van der Waals surface area contributed by atoms with Crippen LogP contribution < -0.4 is 11.0 Å². The van der Waals surface area contributed by atoms with Crippen LogP contribution in [0.15, 0.2) is 58.4 Å². The number of hydrazone groups is 1. The summed E-state index contributed by atoms with van der Waals surface area (Å²) in [6.45, 7) is 2.25. The van der Waals surface area contributed by atoms with Gasteiger partial charge in [0.05, 0.1) is 27.5 Å². The first kappa shape index (κ1) is 19.6. The number of rotatable bonds is 5. The Bertz CT molecular complexity index is 1100. The molecule has 0 atom stereocenters. The number of benzene rings is 2. The van der Waals surface area contributed by atoms with Crippen LogP contribution in [0.25, 0.3) is 0 Å². The summed E-state index contributed by atoms with van der Waals surface area (Å²) in [4.78, 5) is 22.1. The summed E-state index contributed by atoms with van der Waals surface area (Å²) in [6, 6.07) is 15.4. The molecule has 0 amide bonds. The van der Waals surface area contributed by atoms with Gasteiger partial charge in [0.2, 0.25) is 5.95 Å². The Morgan fingerprint density at radius 1 is 1.17 bits per heavy atom. The first-order valence-electron chi connectivity index (χ1n) is 9.21. The Hall–Kier alpha value is -2.67. The van der Waals surface area contributed by atoms with Crippen molar-refractivity contribution in [2.45, 2.75) is 19.5 Å². The molecule has 0 saturated carbocycles. The molecule has 0 aliphatic carbocycles. The van der Waals surface area contributed by atoms with E-state index in [0.29, 0.717) is 28.1 Å². The highest BCUT2D eigenvalue weighted by Gasteiger charge is 2.21. The topological polar surface area (TPSA) is 73.4 Å². The van der Waals surface area contributed by atoms with E-state index in [4.69, 9.17) is 23.2 Å². The summed E-state index contributed by atoms with van der Waals surface area (Å²) in [5.41, 5.74) is 6.18. The highest BCUT2D eigenvalue weighted by Crippen LogP contribution is 2.22. The molecule has 0 unspecified atom stereocenters. The van der Waals surface area contributed by atoms with E-state index in [-0.39, 0.29) is 5.56 Å². The fraction of sp³-hybridized carbons (Fsp3) is 0.190. The maximum atomic E-state index is 12.6. The Morgan fingerprint density at radius 2 is 2.00 bits per heavy atom. The third-order valence-corrected chi connectivity index (χ3v) is 5.46. The van der Waals surface area contributed by atoms with Crippen molar-refractivity contribution in [1.82, 2.24) is 14.9 Å². The van der Waals surface area contributed by atoms with Crippen LogP contribution in [0.5, 0.6) is 0 Å². The van der Waals surface area contributed by atoms with Crippen molar-refractivity contribution in [2.75, 3.05) is 12.0 Å². The van der Waals surface area contributed by atoms with Crippen molar-refractivity contribution in [3.8, 4) is 0 Å². The predicted octanol–water partition coefficient (Wildman–Crippen LogP) is 4.08. The molecule has 2 aromatic carbocycles. The van der Waals surface area contributed by atoms with Crippen molar-refractivity contribution >= 4 is 35.4 Å². The minimum Gasteiger partial charge on any atom is -0.294 e. The van der Waals surface area contributed by atoms with Crippen molar-refractivity contribution < 1.29 is 0 Å². The Morgan fingerprint density at radius 3 is 2.79 bits per heavy atom. The van der Waals surface area contributed by atoms with Gasteiger partial charge >= 0.3 is 0 Å². The smallest absolute Gasteiger partial charge is 0.257 e. The zero-order valence-corrected chi connectivity index (χ0v) is 17.0. The molecule has 1 aliphatic heterocycles. The van der Waals surface area contributed by atoms with Gasteiger partial charge in [0, 0.05) is 26.1 Å². The molecule has 8 heteroatoms. The maximum Gasteiger partial charge on any atom is 0.257 e. The Kier molecular flexibility index (Phi) is 5.94. The zero-order chi connectivity index (χ0) is 20.2. The summed E-state index contributed by atoms with van der Waals surface area (Å²) in [5.74, 6) is 0.321. The van der Waals surface area contributed by atoms with E-state index in [0.717, 1.165) is 30.8 Å². The summed E-state index contributed by atoms with van der Waals surface area (Å²) in [7, 11) is 0. The van der Waals surface area contributed by atoms with Gasteiger partial charge in [-0.25, -0.2) is 10.4 Å². The average Bonchev–Trinajstić information content (AvgIpc) is 2.72. The van der Waals surface area contributed by atoms with E-state index < -0.39 is 0 Å². The molecule has 4 rings (SSSR count). The quantitative estimate of drug-likeness (QED) is 0.475. The standard InChI is InChI=1S/C21H19Cl2N5O/c22-17-7-6-15(10-18(17)23)11-24-27-21-25-19-8-9-28(13-16(19)20(29)26-21)12-14-4-2-1-3-5-14/h1-7,10-11H,8-9,12-13H2,(H2,25,26,27,29)/b24-11-. The van der Waals surface area contributed by atoms with Gasteiger partial charge < -0.3 is 0 Å². The number of hydrogen-bond acceptors (Lipinski definition) is 5. The molecule has 0 fully saturated rings. The van der Waals surface area contributed by atoms with Gasteiger partial charge in [-0.3, -0.25) is 14.7 Å². The molecular weight excluding hydrogens is 409 g/mol. The van der Waals surface area contributed by atoms with Crippen LogP contribution in [-0.4, -0.2) is 27.6 Å². The summed E-state index contributed by atoms with van der Waals surface area (Å²) < 4.78 is 0. The summed E-state index contributed by atoms with van der Waals surface area (Å²) in [5, 5.41) is 5.06. The van der Waals surface area contributed by atoms with E-state index in [1.807, 2.05) is 18.2 Å². The minimum atomic E-state index is -0.139. The van der Waals surface area contributed by atoms with E-state index in [9.17, 15) is 4.79 Å². The number of nitrogens with one attached hydrogen (secondary N) is 2. The third-order valence-electron chi connectivity index (χ3n) is 4.72. The zero-order valence-electron chi connectivity index (χ0n) is 15.5. The Balaban J connectivity index is 1.44. The average molecular weight is 428 g/mol. The Labute approximate surface area is 178 Å². The van der Waals surface area contributed by atoms with Crippen LogP contribution in [0, 0.1) is 0 Å². The minimum absolute atomic E-state index is 0.139. The molecule has 1 aromatic heterocycles. The summed E-state index contributed by atoms with van der Waals surface area (Å²) >= 11 is 11.9. The molecule has 148 valence electrons. The fourth-order valence-corrected chi connectivity index (χ4v) is 3.58. The van der Waals surface area contributed by atoms with Gasteiger partial charge in [-0.1, -0.05) is 59.6 Å². The normalized spacial score (nSPS) is 14.1. The fourth-order valence-electron chi connectivity index (χ4n) is 3.27. The van der Waals surface area contributed by atoms with E-state index in [1.165, 1.54) is 5.56 Å². The summed E-state index contributed by atoms with van der Waals surface area (Å²) in [6.07, 6.45) is 2.31. The lowest BCUT2D eigenvalue weighted by Crippen LogP contribution is -2.35. The molecule has 1 aliphatic rings. The number of halogens is 2. The predicted molar refractivity (Wildman–Crippen MR) is 117 cm³/mol. The van der Waals surface area contributed by atoms with E-state index in [2.05, 4.69) is 37.5 Å². The molecule has 6 nitrogen and oxygen atoms in total. The van der Waals surface area contributed by atoms with Gasteiger partial charge in [-0.2, -0.15) is 5.10 Å². The molecule has 2 heterocycles. The van der Waals surface area contributed by atoms with Crippen LogP contribution in [0.4, 0.5) is 5.95 Å². The van der Waals surface area contributed by atoms with Crippen molar-refractivity contribution in [1.29, 1.82) is 0 Å². The van der Waals surface area contributed by atoms with Gasteiger partial charge in [-0.15, -0.1) is 0 Å². The molecule has 0 saturated heterocycles. The maximum absolute atomic E-state index is 12.6. The van der Waals surface area contributed by atoms with E-state index in [1.54, 1.807) is 24.4 Å². The molecule has 2 N–H and O–H groups in total. The number of anilines is 1. The number of aromatic amines is 1. The first-order chi connectivity index (χ1) is 14.1. The SMILES string of the molecule is O=c1[nH]c(N/N=C\c2ccc(Cl)c(Cl)c2)nc2c1CN(Cc1ccccc1)CC2. The number of aromatic nitrogens is 2. The van der Waals surface area contributed by atoms with Gasteiger partial charge in [0.15, 0.2) is 0 Å². The van der Waals surface area contributed by atoms with Gasteiger partial charge in [0.25, 0.3) is 5.56 Å². The lowest BCUT2D eigenvalue weighted by Gasteiger charge is -2.27. The highest BCUT2D eigenvalue weighted by molar-refractivity contribution is 6.42. The number of fused-ring (bicyclic) bond motifs is 1. The molecule has 0 bridgehead atoms. The molecule has 0 radical (unpaired) electrons. The molecule has 29 heavy (non-hydrogen) atoms. The number of nitrogens with zero attached hydrogens (tertiary/aromatic N) is 3. The van der Waals surface area contributed by atoms with Crippen LogP contribution in [0.3, 0.4) is 0 Å². The second-order valence-corrected chi connectivity index (χ2v) is 7.64. The first-order valence-corrected chi connectivity index (χ1v) is 9.96. The second-order valence-electron chi connectivity index (χ2n) is 6.83.